The molecule has 0 aromatic heterocycles. The van der Waals surface area contributed by atoms with Gasteiger partial charge in [-0.05, 0) is 54.7 Å². The average molecular weight is 267 g/mol. The molecule has 90 valence electrons. The van der Waals surface area contributed by atoms with Gasteiger partial charge in [0.25, 0.3) is 0 Å². The molecule has 0 unspecified atom stereocenters. The summed E-state index contributed by atoms with van der Waals surface area (Å²) in [5.41, 5.74) is 6.41. The smallest absolute Gasteiger partial charge is 0.204 e. The molecule has 4 nitrogen and oxygen atoms in total. The van der Waals surface area contributed by atoms with Crippen LogP contribution in [-0.2, 0) is 6.42 Å². The molecular formula is C11H13N3OS2. The first-order valence-electron chi connectivity index (χ1n) is 5.26. The van der Waals surface area contributed by atoms with Crippen molar-refractivity contribution < 1.29 is 4.74 Å². The van der Waals surface area contributed by atoms with Crippen molar-refractivity contribution in [2.75, 3.05) is 6.61 Å². The molecule has 0 radical (unpaired) electrons. The van der Waals surface area contributed by atoms with Gasteiger partial charge >= 0.3 is 0 Å². The van der Waals surface area contributed by atoms with E-state index in [0.29, 0.717) is 5.11 Å². The van der Waals surface area contributed by atoms with Gasteiger partial charge in [-0.2, -0.15) is 0 Å². The van der Waals surface area contributed by atoms with Crippen molar-refractivity contribution in [2.45, 2.75) is 17.7 Å². The molecule has 0 amide bonds. The molecule has 3 N–H and O–H groups in total. The van der Waals surface area contributed by atoms with Crippen LogP contribution in [0, 0.1) is 0 Å². The quantitative estimate of drug-likeness (QED) is 0.371. The number of fused-ring (bicyclic) bond motifs is 1. The number of nitrogens with zero attached hydrogens (tertiary/aromatic N) is 1. The van der Waals surface area contributed by atoms with Gasteiger partial charge in [-0.25, -0.2) is 4.99 Å². The van der Waals surface area contributed by atoms with Crippen LogP contribution in [0.15, 0.2) is 28.1 Å². The second-order valence-electron chi connectivity index (χ2n) is 3.51. The molecular weight excluding hydrogens is 254 g/mol. The Balaban J connectivity index is 2.00. The molecule has 1 aliphatic rings. The van der Waals surface area contributed by atoms with Crippen molar-refractivity contribution in [3.8, 4) is 5.75 Å². The van der Waals surface area contributed by atoms with Gasteiger partial charge in [-0.1, -0.05) is 6.07 Å². The number of hydrogen-bond donors (Lipinski definition) is 2. The first-order chi connectivity index (χ1) is 8.29. The largest absolute Gasteiger partial charge is 0.493 e. The minimum absolute atomic E-state index is 0.358. The standard InChI is InChI=1S/C11H13N3OS2/c12-7-13-11(16)14-17-9-4-3-8-2-1-5-15-10(8)6-9/h3-4,6-7H,1-2,5H2,(H3,12,13,14,16). The molecule has 1 heterocycles. The summed E-state index contributed by atoms with van der Waals surface area (Å²) in [4.78, 5) is 4.79. The van der Waals surface area contributed by atoms with Crippen molar-refractivity contribution in [1.29, 1.82) is 0 Å². The normalized spacial score (nSPS) is 14.1. The number of ether oxygens (including phenoxy) is 1. The number of aliphatic imine (C=N–C) groups is 1. The molecule has 0 saturated carbocycles. The Morgan fingerprint density at radius 3 is 3.29 bits per heavy atom. The Labute approximate surface area is 110 Å². The van der Waals surface area contributed by atoms with Crippen LogP contribution in [0.2, 0.25) is 0 Å². The average Bonchev–Trinajstić information content (AvgIpc) is 2.36. The Morgan fingerprint density at radius 1 is 1.59 bits per heavy atom. The number of nitrogens with two attached hydrogens (primary N) is 1. The van der Waals surface area contributed by atoms with Gasteiger partial charge in [0.1, 0.15) is 5.75 Å². The van der Waals surface area contributed by atoms with E-state index in [9.17, 15) is 0 Å². The summed E-state index contributed by atoms with van der Waals surface area (Å²) >= 11 is 6.33. The highest BCUT2D eigenvalue weighted by Crippen LogP contribution is 2.29. The molecule has 0 saturated heterocycles. The highest BCUT2D eigenvalue weighted by molar-refractivity contribution is 7.99. The topological polar surface area (TPSA) is 59.6 Å². The van der Waals surface area contributed by atoms with E-state index < -0.39 is 0 Å². The maximum absolute atomic E-state index is 5.59. The van der Waals surface area contributed by atoms with Crippen molar-refractivity contribution in [2.24, 2.45) is 10.7 Å². The van der Waals surface area contributed by atoms with Gasteiger partial charge in [-0.3, -0.25) is 0 Å². The summed E-state index contributed by atoms with van der Waals surface area (Å²) in [5.74, 6) is 0.969. The van der Waals surface area contributed by atoms with Crippen molar-refractivity contribution in [1.82, 2.24) is 4.72 Å². The first kappa shape index (κ1) is 12.2. The van der Waals surface area contributed by atoms with E-state index >= 15 is 0 Å². The summed E-state index contributed by atoms with van der Waals surface area (Å²) in [5, 5.41) is 0.358. The summed E-state index contributed by atoms with van der Waals surface area (Å²) in [6.07, 6.45) is 3.35. The van der Waals surface area contributed by atoms with Gasteiger partial charge < -0.3 is 15.2 Å². The SMILES string of the molecule is N/C=N\C(=S)NSc1ccc2c(c1)OCCC2. The molecule has 0 bridgehead atoms. The zero-order valence-corrected chi connectivity index (χ0v) is 10.8. The van der Waals surface area contributed by atoms with E-state index in [2.05, 4.69) is 15.8 Å². The van der Waals surface area contributed by atoms with E-state index in [1.165, 1.54) is 23.8 Å². The van der Waals surface area contributed by atoms with Crippen LogP contribution in [-0.4, -0.2) is 18.1 Å². The van der Waals surface area contributed by atoms with Crippen molar-refractivity contribution in [3.63, 3.8) is 0 Å². The highest BCUT2D eigenvalue weighted by atomic mass is 32.2. The zero-order chi connectivity index (χ0) is 12.1. The number of aryl methyl sites for hydroxylation is 1. The Bertz CT molecular complexity index is 448. The molecule has 6 heteroatoms. The molecule has 0 aliphatic carbocycles. The van der Waals surface area contributed by atoms with E-state index in [1.54, 1.807) is 0 Å². The fourth-order valence-electron chi connectivity index (χ4n) is 1.58. The number of benzene rings is 1. The van der Waals surface area contributed by atoms with Gasteiger partial charge in [0.05, 0.1) is 12.9 Å². The van der Waals surface area contributed by atoms with Crippen LogP contribution in [0.1, 0.15) is 12.0 Å². The van der Waals surface area contributed by atoms with E-state index in [4.69, 9.17) is 22.7 Å². The number of hydrogen-bond acceptors (Lipinski definition) is 3. The predicted octanol–water partition coefficient (Wildman–Crippen LogP) is 1.88. The molecule has 1 aliphatic heterocycles. The molecule has 0 fully saturated rings. The zero-order valence-electron chi connectivity index (χ0n) is 9.18. The maximum Gasteiger partial charge on any atom is 0.204 e. The van der Waals surface area contributed by atoms with Gasteiger partial charge in [0.2, 0.25) is 5.11 Å². The molecule has 0 spiro atoms. The summed E-state index contributed by atoms with van der Waals surface area (Å²) < 4.78 is 8.52. The lowest BCUT2D eigenvalue weighted by atomic mass is 10.1. The summed E-state index contributed by atoms with van der Waals surface area (Å²) in [6.45, 7) is 0.796. The second kappa shape index (κ2) is 5.88. The number of thiocarbonyl (C=S) groups is 1. The van der Waals surface area contributed by atoms with Gasteiger partial charge in [0, 0.05) is 4.90 Å². The van der Waals surface area contributed by atoms with Gasteiger partial charge in [0.15, 0.2) is 0 Å². The Kier molecular flexibility index (Phi) is 4.22. The van der Waals surface area contributed by atoms with Gasteiger partial charge in [-0.15, -0.1) is 0 Å². The van der Waals surface area contributed by atoms with Crippen LogP contribution in [0.3, 0.4) is 0 Å². The third-order valence-corrected chi connectivity index (χ3v) is 3.46. The number of nitrogens with one attached hydrogen (secondary N) is 1. The third-order valence-electron chi connectivity index (χ3n) is 2.33. The first-order valence-corrected chi connectivity index (χ1v) is 6.49. The van der Waals surface area contributed by atoms with Crippen LogP contribution in [0.25, 0.3) is 0 Å². The Morgan fingerprint density at radius 2 is 2.47 bits per heavy atom. The molecule has 1 aromatic rings. The van der Waals surface area contributed by atoms with Crippen molar-refractivity contribution in [3.05, 3.63) is 23.8 Å². The lowest BCUT2D eigenvalue weighted by Crippen LogP contribution is -2.12. The van der Waals surface area contributed by atoms with Crippen LogP contribution in [0.5, 0.6) is 5.75 Å². The number of rotatable bonds is 2. The lowest BCUT2D eigenvalue weighted by Gasteiger charge is -2.17. The third kappa shape index (κ3) is 3.34. The van der Waals surface area contributed by atoms with Crippen molar-refractivity contribution >= 4 is 35.6 Å². The summed E-state index contributed by atoms with van der Waals surface area (Å²) in [7, 11) is 0. The summed E-state index contributed by atoms with van der Waals surface area (Å²) in [6, 6.07) is 6.15. The molecule has 2 rings (SSSR count). The molecule has 17 heavy (non-hydrogen) atoms. The Hall–Kier alpha value is -1.27. The minimum Gasteiger partial charge on any atom is -0.493 e. The van der Waals surface area contributed by atoms with Crippen LogP contribution >= 0.6 is 24.2 Å². The monoisotopic (exact) mass is 267 g/mol. The highest BCUT2D eigenvalue weighted by Gasteiger charge is 2.10. The van der Waals surface area contributed by atoms with E-state index in [0.717, 1.165) is 30.1 Å². The van der Waals surface area contributed by atoms with Crippen LogP contribution < -0.4 is 15.2 Å². The van der Waals surface area contributed by atoms with Crippen LogP contribution in [0.4, 0.5) is 0 Å². The maximum atomic E-state index is 5.59. The minimum atomic E-state index is 0.358. The lowest BCUT2D eigenvalue weighted by molar-refractivity contribution is 0.287. The predicted molar refractivity (Wildman–Crippen MR) is 74.5 cm³/mol. The fourth-order valence-corrected chi connectivity index (χ4v) is 2.33. The molecule has 1 aromatic carbocycles. The molecule has 0 atom stereocenters. The van der Waals surface area contributed by atoms with E-state index in [1.807, 2.05) is 12.1 Å². The van der Waals surface area contributed by atoms with E-state index in [-0.39, 0.29) is 0 Å². The fraction of sp³-hybridized carbons (Fsp3) is 0.273. The second-order valence-corrected chi connectivity index (χ2v) is 4.78.